The van der Waals surface area contributed by atoms with Crippen molar-refractivity contribution in [3.05, 3.63) is 65.7 Å². The number of nitrogens with two attached hydrogens (primary N) is 1. The van der Waals surface area contributed by atoms with Crippen LogP contribution in [0.1, 0.15) is 17.2 Å². The third-order valence-electron chi connectivity index (χ3n) is 3.79. The molecule has 21 heavy (non-hydrogen) atoms. The predicted octanol–water partition coefficient (Wildman–Crippen LogP) is 3.28. The largest absolute Gasteiger partial charge is 0.370 e. The highest BCUT2D eigenvalue weighted by molar-refractivity contribution is 7.98. The highest BCUT2D eigenvalue weighted by atomic mass is 32.2. The Balaban J connectivity index is 1.81. The normalized spacial score (nSPS) is 17.9. The minimum Gasteiger partial charge on any atom is -0.370 e. The number of thioether (sulfide) groups is 1. The van der Waals surface area contributed by atoms with Gasteiger partial charge in [0.05, 0.1) is 12.6 Å². The Hall–Kier alpha value is -1.94. The van der Waals surface area contributed by atoms with Gasteiger partial charge in [-0.05, 0) is 29.5 Å². The number of guanidine groups is 1. The van der Waals surface area contributed by atoms with Crippen molar-refractivity contribution in [2.45, 2.75) is 17.5 Å². The van der Waals surface area contributed by atoms with Crippen LogP contribution in [0.4, 0.5) is 0 Å². The molecule has 0 spiro atoms. The maximum atomic E-state index is 6.08. The van der Waals surface area contributed by atoms with Crippen LogP contribution in [0.15, 0.2) is 64.5 Å². The number of hydrogen-bond acceptors (Lipinski definition) is 4. The predicted molar refractivity (Wildman–Crippen MR) is 89.4 cm³/mol. The molecule has 1 unspecified atom stereocenters. The molecule has 0 amide bonds. The molecule has 1 atom stereocenters. The average Bonchev–Trinajstić information content (AvgIpc) is 2.90. The van der Waals surface area contributed by atoms with Crippen LogP contribution in [0, 0.1) is 0 Å². The highest BCUT2D eigenvalue weighted by Gasteiger charge is 2.27. The third-order valence-corrected chi connectivity index (χ3v) is 4.54. The molecule has 0 saturated carbocycles. The Labute approximate surface area is 129 Å². The van der Waals surface area contributed by atoms with Crippen LogP contribution < -0.4 is 5.73 Å². The Morgan fingerprint density at radius 3 is 2.52 bits per heavy atom. The van der Waals surface area contributed by atoms with Crippen molar-refractivity contribution in [1.29, 1.82) is 0 Å². The lowest BCUT2D eigenvalue weighted by Crippen LogP contribution is -2.35. The number of rotatable bonds is 4. The minimum atomic E-state index is 0.237. The van der Waals surface area contributed by atoms with Crippen molar-refractivity contribution in [2.24, 2.45) is 10.7 Å². The van der Waals surface area contributed by atoms with E-state index >= 15 is 0 Å². The fraction of sp³-hybridized carbons (Fsp3) is 0.235. The Kier molecular flexibility index (Phi) is 4.15. The molecule has 0 aliphatic carbocycles. The summed E-state index contributed by atoms with van der Waals surface area (Å²) in [5.41, 5.74) is 8.61. The smallest absolute Gasteiger partial charge is 0.192 e. The lowest BCUT2D eigenvalue weighted by atomic mass is 10.1. The maximum absolute atomic E-state index is 6.08. The zero-order valence-electron chi connectivity index (χ0n) is 12.1. The second-order valence-electron chi connectivity index (χ2n) is 5.10. The zero-order valence-corrected chi connectivity index (χ0v) is 12.9. The molecule has 2 aromatic carbocycles. The molecule has 4 heteroatoms. The molecule has 108 valence electrons. The molecule has 2 aromatic rings. The summed E-state index contributed by atoms with van der Waals surface area (Å²) >= 11 is 1.76. The molecule has 0 aromatic heterocycles. The van der Waals surface area contributed by atoms with E-state index in [1.54, 1.807) is 11.8 Å². The van der Waals surface area contributed by atoms with Crippen LogP contribution in [0.3, 0.4) is 0 Å². The van der Waals surface area contributed by atoms with Crippen LogP contribution in [0.5, 0.6) is 0 Å². The Bertz CT molecular complexity index is 622. The van der Waals surface area contributed by atoms with E-state index in [9.17, 15) is 0 Å². The van der Waals surface area contributed by atoms with Gasteiger partial charge in [0.15, 0.2) is 5.96 Å². The molecule has 0 bridgehead atoms. The second-order valence-corrected chi connectivity index (χ2v) is 5.98. The van der Waals surface area contributed by atoms with Crippen molar-refractivity contribution in [1.82, 2.24) is 4.90 Å². The fourth-order valence-corrected chi connectivity index (χ4v) is 3.02. The van der Waals surface area contributed by atoms with Crippen molar-refractivity contribution >= 4 is 17.7 Å². The average molecular weight is 297 g/mol. The van der Waals surface area contributed by atoms with E-state index in [2.05, 4.69) is 64.7 Å². The number of aliphatic imine (C=N–C) groups is 1. The lowest BCUT2D eigenvalue weighted by molar-refractivity contribution is 0.340. The van der Waals surface area contributed by atoms with Crippen molar-refractivity contribution in [2.75, 3.05) is 12.8 Å². The van der Waals surface area contributed by atoms with Crippen LogP contribution in [0.2, 0.25) is 0 Å². The summed E-state index contributed by atoms with van der Waals surface area (Å²) in [6.07, 6.45) is 2.09. The zero-order chi connectivity index (χ0) is 14.7. The van der Waals surface area contributed by atoms with E-state index < -0.39 is 0 Å². The molecule has 1 aliphatic heterocycles. The van der Waals surface area contributed by atoms with Gasteiger partial charge < -0.3 is 10.6 Å². The van der Waals surface area contributed by atoms with Gasteiger partial charge in [0.2, 0.25) is 0 Å². The first-order valence-electron chi connectivity index (χ1n) is 7.02. The number of hydrogen-bond donors (Lipinski definition) is 1. The van der Waals surface area contributed by atoms with Crippen LogP contribution in [-0.4, -0.2) is 23.7 Å². The Morgan fingerprint density at radius 2 is 1.86 bits per heavy atom. The third kappa shape index (κ3) is 3.05. The molecule has 2 N–H and O–H groups in total. The van der Waals surface area contributed by atoms with Gasteiger partial charge in [-0.3, -0.25) is 4.99 Å². The second kappa shape index (κ2) is 6.22. The number of nitrogens with zero attached hydrogens (tertiary/aromatic N) is 2. The van der Waals surface area contributed by atoms with Gasteiger partial charge in [-0.1, -0.05) is 42.5 Å². The van der Waals surface area contributed by atoms with E-state index in [1.807, 2.05) is 6.07 Å². The topological polar surface area (TPSA) is 41.6 Å². The fourth-order valence-electron chi connectivity index (χ4n) is 2.61. The van der Waals surface area contributed by atoms with Gasteiger partial charge >= 0.3 is 0 Å². The molecule has 1 aliphatic rings. The maximum Gasteiger partial charge on any atom is 0.192 e. The summed E-state index contributed by atoms with van der Waals surface area (Å²) in [5.74, 6) is 0.637. The summed E-state index contributed by atoms with van der Waals surface area (Å²) in [7, 11) is 0. The molecule has 3 nitrogen and oxygen atoms in total. The summed E-state index contributed by atoms with van der Waals surface area (Å²) in [6.45, 7) is 1.53. The Morgan fingerprint density at radius 1 is 1.14 bits per heavy atom. The van der Waals surface area contributed by atoms with Crippen molar-refractivity contribution in [3.63, 3.8) is 0 Å². The van der Waals surface area contributed by atoms with Gasteiger partial charge in [0.1, 0.15) is 0 Å². The summed E-state index contributed by atoms with van der Waals surface area (Å²) < 4.78 is 0. The van der Waals surface area contributed by atoms with Gasteiger partial charge in [0, 0.05) is 11.4 Å². The van der Waals surface area contributed by atoms with Gasteiger partial charge in [-0.15, -0.1) is 11.8 Å². The van der Waals surface area contributed by atoms with Gasteiger partial charge in [-0.2, -0.15) is 0 Å². The summed E-state index contributed by atoms with van der Waals surface area (Å²) in [6, 6.07) is 19.3. The molecular weight excluding hydrogens is 278 g/mol. The molecule has 0 saturated heterocycles. The monoisotopic (exact) mass is 297 g/mol. The van der Waals surface area contributed by atoms with Gasteiger partial charge in [0.25, 0.3) is 0 Å². The van der Waals surface area contributed by atoms with E-state index in [1.165, 1.54) is 16.0 Å². The molecule has 0 radical (unpaired) electrons. The van der Waals surface area contributed by atoms with Crippen LogP contribution in [0.25, 0.3) is 0 Å². The highest BCUT2D eigenvalue weighted by Crippen LogP contribution is 2.28. The van der Waals surface area contributed by atoms with Crippen molar-refractivity contribution < 1.29 is 0 Å². The van der Waals surface area contributed by atoms with Crippen LogP contribution >= 0.6 is 11.8 Å². The molecule has 1 heterocycles. The van der Waals surface area contributed by atoms with E-state index in [0.717, 1.165) is 13.1 Å². The van der Waals surface area contributed by atoms with Crippen LogP contribution in [-0.2, 0) is 6.54 Å². The first-order chi connectivity index (χ1) is 10.3. The summed E-state index contributed by atoms with van der Waals surface area (Å²) in [4.78, 5) is 7.89. The van der Waals surface area contributed by atoms with E-state index in [-0.39, 0.29) is 6.04 Å². The quantitative estimate of drug-likeness (QED) is 0.881. The first kappa shape index (κ1) is 14.0. The SMILES string of the molecule is CSc1ccc(C2CN=C(N)N2Cc2ccccc2)cc1. The van der Waals surface area contributed by atoms with E-state index in [4.69, 9.17) is 5.73 Å². The molecule has 3 rings (SSSR count). The lowest BCUT2D eigenvalue weighted by Gasteiger charge is -2.26. The van der Waals surface area contributed by atoms with Gasteiger partial charge in [-0.25, -0.2) is 0 Å². The molecule has 0 fully saturated rings. The first-order valence-corrected chi connectivity index (χ1v) is 8.25. The minimum absolute atomic E-state index is 0.237. The standard InChI is InChI=1S/C17H19N3S/c1-21-15-9-7-14(8-10-15)16-11-19-17(18)20(16)12-13-5-3-2-4-6-13/h2-10,16H,11-12H2,1H3,(H2,18,19). The summed E-state index contributed by atoms with van der Waals surface area (Å²) in [5, 5.41) is 0. The van der Waals surface area contributed by atoms with Crippen molar-refractivity contribution in [3.8, 4) is 0 Å². The molecular formula is C17H19N3S. The number of benzene rings is 2. The van der Waals surface area contributed by atoms with E-state index in [0.29, 0.717) is 5.96 Å².